The van der Waals surface area contributed by atoms with Crippen molar-refractivity contribution >= 4 is 0 Å². The normalized spacial score (nSPS) is 18.4. The fourth-order valence-corrected chi connectivity index (χ4v) is 2.74. The van der Waals surface area contributed by atoms with E-state index in [0.717, 1.165) is 44.8 Å². The van der Waals surface area contributed by atoms with E-state index in [9.17, 15) is 0 Å². The van der Waals surface area contributed by atoms with Crippen LogP contribution in [-0.2, 0) is 6.42 Å². The van der Waals surface area contributed by atoms with Crippen LogP contribution in [0, 0.1) is 0 Å². The molecular weight excluding hydrogens is 236 g/mol. The van der Waals surface area contributed by atoms with Gasteiger partial charge in [0.2, 0.25) is 0 Å². The van der Waals surface area contributed by atoms with E-state index in [1.54, 1.807) is 0 Å². The Hall–Kier alpha value is -1.06. The molecule has 1 atom stereocenters. The average Bonchev–Trinajstić information content (AvgIpc) is 2.44. The number of benzene rings is 1. The molecule has 0 heterocycles. The van der Waals surface area contributed by atoms with E-state index in [1.165, 1.54) is 17.5 Å². The quantitative estimate of drug-likeness (QED) is 0.856. The van der Waals surface area contributed by atoms with Crippen LogP contribution in [0.3, 0.4) is 0 Å². The molecule has 3 nitrogen and oxygen atoms in total. The maximum atomic E-state index is 6.17. The summed E-state index contributed by atoms with van der Waals surface area (Å²) in [4.78, 5) is 2.37. The summed E-state index contributed by atoms with van der Waals surface area (Å²) in [6, 6.07) is 6.59. The predicted molar refractivity (Wildman–Crippen MR) is 79.6 cm³/mol. The van der Waals surface area contributed by atoms with Crippen molar-refractivity contribution in [2.75, 3.05) is 26.2 Å². The second kappa shape index (κ2) is 6.92. The van der Waals surface area contributed by atoms with Crippen LogP contribution in [0.1, 0.15) is 43.9 Å². The lowest BCUT2D eigenvalue weighted by Crippen LogP contribution is -2.28. The van der Waals surface area contributed by atoms with Gasteiger partial charge >= 0.3 is 0 Å². The highest BCUT2D eigenvalue weighted by atomic mass is 16.5. The molecule has 0 fully saturated rings. The van der Waals surface area contributed by atoms with Crippen molar-refractivity contribution < 1.29 is 4.74 Å². The molecule has 1 aromatic rings. The standard InChI is InChI=1S/C16H26N2O/c1-3-18(4-2)10-11-19-14-9-8-13-6-5-7-16(17)15(13)12-14/h8-9,12,16H,3-7,10-11,17H2,1-2H3. The van der Waals surface area contributed by atoms with Crippen LogP contribution in [0.25, 0.3) is 0 Å². The Morgan fingerprint density at radius 2 is 2.11 bits per heavy atom. The van der Waals surface area contributed by atoms with Crippen LogP contribution in [0.5, 0.6) is 5.75 Å². The first kappa shape index (κ1) is 14.4. The Kier molecular flexibility index (Phi) is 5.23. The minimum Gasteiger partial charge on any atom is -0.492 e. The molecular formula is C16H26N2O. The fourth-order valence-electron chi connectivity index (χ4n) is 2.74. The van der Waals surface area contributed by atoms with E-state index >= 15 is 0 Å². The van der Waals surface area contributed by atoms with E-state index < -0.39 is 0 Å². The lowest BCUT2D eigenvalue weighted by atomic mass is 9.88. The van der Waals surface area contributed by atoms with Crippen molar-refractivity contribution in [1.82, 2.24) is 4.90 Å². The number of rotatable bonds is 6. The van der Waals surface area contributed by atoms with Crippen LogP contribution in [0.2, 0.25) is 0 Å². The first-order chi connectivity index (χ1) is 9.24. The van der Waals surface area contributed by atoms with Gasteiger partial charge in [-0.25, -0.2) is 0 Å². The Bertz CT molecular complexity index is 402. The van der Waals surface area contributed by atoms with Gasteiger partial charge in [-0.2, -0.15) is 0 Å². The van der Waals surface area contributed by atoms with E-state index in [0.29, 0.717) is 0 Å². The van der Waals surface area contributed by atoms with Gasteiger partial charge in [0.25, 0.3) is 0 Å². The van der Waals surface area contributed by atoms with Crippen molar-refractivity contribution in [1.29, 1.82) is 0 Å². The molecule has 0 aromatic heterocycles. The van der Waals surface area contributed by atoms with Crippen LogP contribution in [-0.4, -0.2) is 31.1 Å². The van der Waals surface area contributed by atoms with Crippen molar-refractivity contribution in [3.05, 3.63) is 29.3 Å². The van der Waals surface area contributed by atoms with Crippen molar-refractivity contribution in [2.24, 2.45) is 5.73 Å². The Morgan fingerprint density at radius 3 is 2.84 bits per heavy atom. The molecule has 106 valence electrons. The number of fused-ring (bicyclic) bond motifs is 1. The highest BCUT2D eigenvalue weighted by molar-refractivity contribution is 5.39. The summed E-state index contributed by atoms with van der Waals surface area (Å²) in [6.07, 6.45) is 3.45. The minimum absolute atomic E-state index is 0.190. The summed E-state index contributed by atoms with van der Waals surface area (Å²) in [5.74, 6) is 0.961. The molecule has 0 saturated heterocycles. The number of nitrogens with two attached hydrogens (primary N) is 1. The average molecular weight is 262 g/mol. The maximum absolute atomic E-state index is 6.17. The number of ether oxygens (including phenoxy) is 1. The molecule has 0 aliphatic heterocycles. The first-order valence-corrected chi connectivity index (χ1v) is 7.48. The minimum atomic E-state index is 0.190. The molecule has 0 bridgehead atoms. The van der Waals surface area contributed by atoms with Gasteiger partial charge < -0.3 is 15.4 Å². The summed E-state index contributed by atoms with van der Waals surface area (Å²) >= 11 is 0. The zero-order valence-electron chi connectivity index (χ0n) is 12.2. The largest absolute Gasteiger partial charge is 0.492 e. The zero-order valence-corrected chi connectivity index (χ0v) is 12.2. The molecule has 0 amide bonds. The molecule has 2 rings (SSSR count). The number of likely N-dealkylation sites (N-methyl/N-ethyl adjacent to an activating group) is 1. The fraction of sp³-hybridized carbons (Fsp3) is 0.625. The number of hydrogen-bond acceptors (Lipinski definition) is 3. The highest BCUT2D eigenvalue weighted by Crippen LogP contribution is 2.30. The maximum Gasteiger partial charge on any atom is 0.119 e. The lowest BCUT2D eigenvalue weighted by Gasteiger charge is -2.23. The summed E-state index contributed by atoms with van der Waals surface area (Å²) in [7, 11) is 0. The van der Waals surface area contributed by atoms with Crippen LogP contribution in [0.4, 0.5) is 0 Å². The number of aryl methyl sites for hydroxylation is 1. The lowest BCUT2D eigenvalue weighted by molar-refractivity contribution is 0.222. The monoisotopic (exact) mass is 262 g/mol. The van der Waals surface area contributed by atoms with Crippen molar-refractivity contribution in [2.45, 2.75) is 39.2 Å². The van der Waals surface area contributed by atoms with Gasteiger partial charge in [-0.3, -0.25) is 0 Å². The molecule has 1 aliphatic carbocycles. The first-order valence-electron chi connectivity index (χ1n) is 7.48. The Labute approximate surface area is 116 Å². The summed E-state index contributed by atoms with van der Waals surface area (Å²) in [6.45, 7) is 8.25. The molecule has 2 N–H and O–H groups in total. The predicted octanol–water partition coefficient (Wildman–Crippen LogP) is 2.74. The van der Waals surface area contributed by atoms with Gasteiger partial charge in [-0.1, -0.05) is 19.9 Å². The summed E-state index contributed by atoms with van der Waals surface area (Å²) < 4.78 is 5.86. The smallest absolute Gasteiger partial charge is 0.119 e. The Morgan fingerprint density at radius 1 is 1.32 bits per heavy atom. The third kappa shape index (κ3) is 3.71. The topological polar surface area (TPSA) is 38.5 Å². The van der Waals surface area contributed by atoms with Gasteiger partial charge in [-0.15, -0.1) is 0 Å². The summed E-state index contributed by atoms with van der Waals surface area (Å²) in [5.41, 5.74) is 8.85. The number of nitrogens with zero attached hydrogens (tertiary/aromatic N) is 1. The van der Waals surface area contributed by atoms with E-state index in [4.69, 9.17) is 10.5 Å². The molecule has 0 saturated carbocycles. The van der Waals surface area contributed by atoms with Crippen molar-refractivity contribution in [3.8, 4) is 5.75 Å². The molecule has 0 radical (unpaired) electrons. The molecule has 1 unspecified atom stereocenters. The van der Waals surface area contributed by atoms with Crippen molar-refractivity contribution in [3.63, 3.8) is 0 Å². The van der Waals surface area contributed by atoms with Gasteiger partial charge in [0.15, 0.2) is 0 Å². The van der Waals surface area contributed by atoms with Crippen LogP contribution < -0.4 is 10.5 Å². The van der Waals surface area contributed by atoms with Crippen LogP contribution in [0.15, 0.2) is 18.2 Å². The molecule has 0 spiro atoms. The number of hydrogen-bond donors (Lipinski definition) is 1. The third-order valence-electron chi connectivity index (χ3n) is 4.05. The zero-order chi connectivity index (χ0) is 13.7. The SMILES string of the molecule is CCN(CC)CCOc1ccc2c(c1)C(N)CCC2. The second-order valence-corrected chi connectivity index (χ2v) is 5.23. The second-order valence-electron chi connectivity index (χ2n) is 5.23. The molecule has 1 aromatic carbocycles. The van der Waals surface area contributed by atoms with E-state index in [-0.39, 0.29) is 6.04 Å². The van der Waals surface area contributed by atoms with Crippen LogP contribution >= 0.6 is 0 Å². The third-order valence-corrected chi connectivity index (χ3v) is 4.05. The van der Waals surface area contributed by atoms with Gasteiger partial charge in [0.05, 0.1) is 0 Å². The molecule has 19 heavy (non-hydrogen) atoms. The molecule has 3 heteroatoms. The molecule has 1 aliphatic rings. The summed E-state index contributed by atoms with van der Waals surface area (Å²) in [5, 5.41) is 0. The van der Waals surface area contributed by atoms with Gasteiger partial charge in [0, 0.05) is 12.6 Å². The Balaban J connectivity index is 1.93. The highest BCUT2D eigenvalue weighted by Gasteiger charge is 2.17. The van der Waals surface area contributed by atoms with Gasteiger partial charge in [-0.05, 0) is 55.6 Å². The van der Waals surface area contributed by atoms with E-state index in [1.807, 2.05) is 0 Å². The van der Waals surface area contributed by atoms with E-state index in [2.05, 4.69) is 36.9 Å². The van der Waals surface area contributed by atoms with Gasteiger partial charge in [0.1, 0.15) is 12.4 Å².